The summed E-state index contributed by atoms with van der Waals surface area (Å²) in [6.45, 7) is 0. The van der Waals surface area contributed by atoms with Gasteiger partial charge >= 0.3 is 0 Å². The van der Waals surface area contributed by atoms with E-state index >= 15 is 0 Å². The Balaban J connectivity index is 1.78. The van der Waals surface area contributed by atoms with Crippen LogP contribution in [0.2, 0.25) is 0 Å². The molecular formula is C9H9IN2S2. The van der Waals surface area contributed by atoms with Gasteiger partial charge in [0.1, 0.15) is 5.01 Å². The number of halogens is 1. The third-order valence-electron chi connectivity index (χ3n) is 1.84. The van der Waals surface area contributed by atoms with Gasteiger partial charge in [-0.25, -0.2) is 4.98 Å². The molecule has 0 N–H and O–H groups in total. The van der Waals surface area contributed by atoms with E-state index in [0.29, 0.717) is 0 Å². The molecule has 74 valence electrons. The Morgan fingerprint density at radius 3 is 2.93 bits per heavy atom. The minimum Gasteiger partial charge on any atom is -0.215 e. The summed E-state index contributed by atoms with van der Waals surface area (Å²) in [5, 5.41) is 3.29. The Bertz CT molecular complexity index is 383. The summed E-state index contributed by atoms with van der Waals surface area (Å²) >= 11 is 5.50. The predicted molar refractivity (Wildman–Crippen MR) is 69.0 cm³/mol. The third kappa shape index (κ3) is 2.99. The largest absolute Gasteiger partial charge is 0.215 e. The molecule has 0 saturated heterocycles. The standard InChI is InChI=1S/C9H9IN2S2/c10-9-11-8(14-12-9)5-1-3-7-4-2-6-13-7/h2,4,6H,1,3,5H2. The van der Waals surface area contributed by atoms with Gasteiger partial charge in [0, 0.05) is 33.9 Å². The van der Waals surface area contributed by atoms with Gasteiger partial charge in [0.15, 0.2) is 0 Å². The molecule has 0 bridgehead atoms. The molecule has 0 saturated carbocycles. The van der Waals surface area contributed by atoms with Crippen molar-refractivity contribution in [2.24, 2.45) is 0 Å². The number of nitrogens with zero attached hydrogens (tertiary/aromatic N) is 2. The third-order valence-corrected chi connectivity index (χ3v) is 4.35. The van der Waals surface area contributed by atoms with E-state index in [-0.39, 0.29) is 0 Å². The lowest BCUT2D eigenvalue weighted by molar-refractivity contribution is 0.822. The number of aryl methyl sites for hydroxylation is 2. The van der Waals surface area contributed by atoms with E-state index in [1.807, 2.05) is 11.3 Å². The minimum atomic E-state index is 0.874. The molecule has 2 aromatic rings. The van der Waals surface area contributed by atoms with E-state index in [4.69, 9.17) is 0 Å². The Hall–Kier alpha value is -0.0100. The number of rotatable bonds is 4. The van der Waals surface area contributed by atoms with Gasteiger partial charge in [-0.15, -0.1) is 11.3 Å². The molecule has 0 spiro atoms. The van der Waals surface area contributed by atoms with E-state index in [2.05, 4.69) is 49.5 Å². The van der Waals surface area contributed by atoms with Crippen molar-refractivity contribution in [2.45, 2.75) is 19.3 Å². The monoisotopic (exact) mass is 336 g/mol. The topological polar surface area (TPSA) is 25.8 Å². The highest BCUT2D eigenvalue weighted by molar-refractivity contribution is 14.1. The summed E-state index contributed by atoms with van der Waals surface area (Å²) in [7, 11) is 0. The summed E-state index contributed by atoms with van der Waals surface area (Å²) < 4.78 is 5.03. The number of aromatic nitrogens is 2. The van der Waals surface area contributed by atoms with Crippen molar-refractivity contribution >= 4 is 45.5 Å². The number of hydrogen-bond donors (Lipinski definition) is 0. The summed E-state index contributed by atoms with van der Waals surface area (Å²) in [6.07, 6.45) is 3.39. The average Bonchev–Trinajstić information content (AvgIpc) is 2.77. The molecule has 0 unspecified atom stereocenters. The molecule has 5 heteroatoms. The molecule has 2 nitrogen and oxygen atoms in total. The quantitative estimate of drug-likeness (QED) is 0.800. The summed E-state index contributed by atoms with van der Waals surface area (Å²) in [5.41, 5.74) is 0. The molecule has 2 rings (SSSR count). The molecule has 0 aliphatic heterocycles. The van der Waals surface area contributed by atoms with Crippen LogP contribution >= 0.6 is 45.5 Å². The Labute approximate surface area is 105 Å². The van der Waals surface area contributed by atoms with Gasteiger partial charge in [0.05, 0.1) is 0 Å². The van der Waals surface area contributed by atoms with Gasteiger partial charge in [0.25, 0.3) is 0 Å². The molecule has 2 aromatic heterocycles. The second-order valence-electron chi connectivity index (χ2n) is 2.89. The van der Waals surface area contributed by atoms with Gasteiger partial charge in [-0.3, -0.25) is 0 Å². The Morgan fingerprint density at radius 2 is 2.29 bits per heavy atom. The van der Waals surface area contributed by atoms with Gasteiger partial charge in [-0.2, -0.15) is 4.37 Å². The first kappa shape index (κ1) is 10.5. The van der Waals surface area contributed by atoms with E-state index in [1.165, 1.54) is 22.8 Å². The van der Waals surface area contributed by atoms with Gasteiger partial charge < -0.3 is 0 Å². The van der Waals surface area contributed by atoms with Crippen LogP contribution in [0.4, 0.5) is 0 Å². The van der Waals surface area contributed by atoms with Crippen molar-refractivity contribution in [3.63, 3.8) is 0 Å². The van der Waals surface area contributed by atoms with Crippen molar-refractivity contribution < 1.29 is 0 Å². The van der Waals surface area contributed by atoms with E-state index in [0.717, 1.165) is 21.7 Å². The molecule has 0 fully saturated rings. The summed E-state index contributed by atoms with van der Waals surface area (Å²) in [5.74, 6) is 0. The maximum absolute atomic E-state index is 4.33. The van der Waals surface area contributed by atoms with Crippen LogP contribution in [0.25, 0.3) is 0 Å². The molecule has 2 heterocycles. The van der Waals surface area contributed by atoms with Crippen LogP contribution in [0.1, 0.15) is 16.3 Å². The van der Waals surface area contributed by atoms with Crippen molar-refractivity contribution in [1.29, 1.82) is 0 Å². The first-order chi connectivity index (χ1) is 6.84. The van der Waals surface area contributed by atoms with Crippen LogP contribution in [0, 0.1) is 3.83 Å². The van der Waals surface area contributed by atoms with Crippen LogP contribution in [-0.2, 0) is 12.8 Å². The van der Waals surface area contributed by atoms with Crippen LogP contribution in [0.15, 0.2) is 17.5 Å². The zero-order valence-electron chi connectivity index (χ0n) is 7.44. The van der Waals surface area contributed by atoms with Gasteiger partial charge in [-0.05, 0) is 35.8 Å². The fraction of sp³-hybridized carbons (Fsp3) is 0.333. The molecule has 0 radical (unpaired) electrons. The zero-order valence-corrected chi connectivity index (χ0v) is 11.2. The van der Waals surface area contributed by atoms with Crippen LogP contribution in [0.5, 0.6) is 0 Å². The van der Waals surface area contributed by atoms with Crippen LogP contribution in [0.3, 0.4) is 0 Å². The van der Waals surface area contributed by atoms with Crippen molar-refractivity contribution in [1.82, 2.24) is 9.36 Å². The molecule has 0 aliphatic rings. The van der Waals surface area contributed by atoms with Crippen LogP contribution in [-0.4, -0.2) is 9.36 Å². The van der Waals surface area contributed by atoms with Crippen molar-refractivity contribution in [2.75, 3.05) is 0 Å². The van der Waals surface area contributed by atoms with E-state index in [1.54, 1.807) is 0 Å². The molecular weight excluding hydrogens is 327 g/mol. The average molecular weight is 336 g/mol. The number of hydrogen-bond acceptors (Lipinski definition) is 4. The first-order valence-electron chi connectivity index (χ1n) is 4.35. The SMILES string of the molecule is Ic1nsc(CCCc2cccs2)n1. The fourth-order valence-corrected chi connectivity index (χ4v) is 3.29. The van der Waals surface area contributed by atoms with Gasteiger partial charge in [-0.1, -0.05) is 6.07 Å². The highest BCUT2D eigenvalue weighted by atomic mass is 127. The molecule has 14 heavy (non-hydrogen) atoms. The maximum Gasteiger partial charge on any atom is 0.203 e. The second-order valence-corrected chi connectivity index (χ2v) is 5.72. The van der Waals surface area contributed by atoms with Crippen molar-refractivity contribution in [3.05, 3.63) is 31.2 Å². The highest BCUT2D eigenvalue weighted by Crippen LogP contribution is 2.14. The van der Waals surface area contributed by atoms with Crippen molar-refractivity contribution in [3.8, 4) is 0 Å². The van der Waals surface area contributed by atoms with E-state index in [9.17, 15) is 0 Å². The van der Waals surface area contributed by atoms with E-state index < -0.39 is 0 Å². The molecule has 0 aliphatic carbocycles. The lowest BCUT2D eigenvalue weighted by Gasteiger charge is -1.94. The Kier molecular flexibility index (Phi) is 3.89. The second kappa shape index (κ2) is 5.18. The summed E-state index contributed by atoms with van der Waals surface area (Å²) in [6, 6.07) is 4.29. The normalized spacial score (nSPS) is 10.6. The molecule has 0 aromatic carbocycles. The van der Waals surface area contributed by atoms with Crippen LogP contribution < -0.4 is 0 Å². The predicted octanol–water partition coefficient (Wildman–Crippen LogP) is 3.38. The lowest BCUT2D eigenvalue weighted by Crippen LogP contribution is -1.87. The smallest absolute Gasteiger partial charge is 0.203 e. The molecule has 0 atom stereocenters. The lowest BCUT2D eigenvalue weighted by atomic mass is 10.2. The zero-order chi connectivity index (χ0) is 9.80. The minimum absolute atomic E-state index is 0.874. The van der Waals surface area contributed by atoms with Gasteiger partial charge in [0.2, 0.25) is 3.83 Å². The number of thiophene rings is 1. The highest BCUT2D eigenvalue weighted by Gasteiger charge is 2.01. The molecule has 0 amide bonds. The fourth-order valence-electron chi connectivity index (χ4n) is 1.20. The maximum atomic E-state index is 4.33. The Morgan fingerprint density at radius 1 is 1.36 bits per heavy atom. The first-order valence-corrected chi connectivity index (χ1v) is 7.08. The summed E-state index contributed by atoms with van der Waals surface area (Å²) in [4.78, 5) is 5.79.